The van der Waals surface area contributed by atoms with Crippen LogP contribution in [0.4, 0.5) is 0 Å². The average Bonchev–Trinajstić information content (AvgIpc) is 3.10. The van der Waals surface area contributed by atoms with E-state index >= 15 is 0 Å². The molecule has 0 fully saturated rings. The molecule has 0 heterocycles. The summed E-state index contributed by atoms with van der Waals surface area (Å²) in [6.07, 6.45) is 13.2. The van der Waals surface area contributed by atoms with Crippen molar-refractivity contribution < 1.29 is 21.7 Å². The van der Waals surface area contributed by atoms with Gasteiger partial charge in [0.2, 0.25) is 0 Å². The van der Waals surface area contributed by atoms with Crippen LogP contribution < -0.4 is 0 Å². The van der Waals surface area contributed by atoms with Gasteiger partial charge in [-0.25, -0.2) is 0 Å². The SMILES string of the molecule is C=CC(=C)c1ccccc1.CC(C)(C)CP(CC(C)(C)C)(CC(C)(C)C)=NC1=CC=CC1.[Ti]. The second-order valence-corrected chi connectivity index (χ2v) is 16.1. The van der Waals surface area contributed by atoms with E-state index in [0.717, 1.165) is 17.6 Å². The summed E-state index contributed by atoms with van der Waals surface area (Å²) in [5, 5.41) is 0. The zero-order valence-electron chi connectivity index (χ0n) is 22.8. The molecule has 182 valence electrons. The van der Waals surface area contributed by atoms with Crippen molar-refractivity contribution in [3.05, 3.63) is 79.1 Å². The van der Waals surface area contributed by atoms with Gasteiger partial charge in [-0.05, 0) is 59.0 Å². The van der Waals surface area contributed by atoms with Crippen LogP contribution >= 0.6 is 7.05 Å². The Balaban J connectivity index is 0.000000779. The predicted molar refractivity (Wildman–Crippen MR) is 150 cm³/mol. The van der Waals surface area contributed by atoms with Crippen LogP contribution in [0, 0.1) is 16.2 Å². The van der Waals surface area contributed by atoms with Gasteiger partial charge < -0.3 is 0 Å². The van der Waals surface area contributed by atoms with Crippen LogP contribution in [0.25, 0.3) is 5.57 Å². The Morgan fingerprint density at radius 3 is 1.67 bits per heavy atom. The summed E-state index contributed by atoms with van der Waals surface area (Å²) >= 11 is 0. The molecule has 0 radical (unpaired) electrons. The van der Waals surface area contributed by atoms with Gasteiger partial charge in [-0.3, -0.25) is 4.74 Å². The minimum Gasteiger partial charge on any atom is -0.272 e. The maximum atomic E-state index is 5.47. The maximum absolute atomic E-state index is 5.47. The van der Waals surface area contributed by atoms with Gasteiger partial charge in [0.25, 0.3) is 0 Å². The fraction of sp³-hybridized carbons (Fsp3) is 0.533. The molecular formula is C30H48NPTi. The van der Waals surface area contributed by atoms with Crippen LogP contribution in [-0.4, -0.2) is 18.5 Å². The molecule has 0 spiro atoms. The van der Waals surface area contributed by atoms with Crippen LogP contribution in [0.3, 0.4) is 0 Å². The standard InChI is InChI=1S/C20H38NP.C10H10.Ti/c1-18(2,3)14-22(15-19(4,5)6,16-20(7,8)9)21-17-12-10-11-13-17;1-3-9(2)10-7-5-4-6-8-10;/h10-12H,13-16H2,1-9H3;3-8H,1-2H2;. The number of hydrogen-bond acceptors (Lipinski definition) is 1. The van der Waals surface area contributed by atoms with Gasteiger partial charge in [0.15, 0.2) is 0 Å². The first-order chi connectivity index (χ1) is 14.5. The number of allylic oxidation sites excluding steroid dienone is 5. The van der Waals surface area contributed by atoms with Crippen molar-refractivity contribution in [3.8, 4) is 0 Å². The predicted octanol–water partition coefficient (Wildman–Crippen LogP) is 10.1. The van der Waals surface area contributed by atoms with Crippen molar-refractivity contribution in [2.45, 2.75) is 68.7 Å². The number of hydrogen-bond donors (Lipinski definition) is 0. The van der Waals surface area contributed by atoms with Crippen LogP contribution in [0.15, 0.2) is 78.2 Å². The zero-order valence-corrected chi connectivity index (χ0v) is 25.3. The van der Waals surface area contributed by atoms with Crippen molar-refractivity contribution in [1.82, 2.24) is 0 Å². The van der Waals surface area contributed by atoms with Gasteiger partial charge in [0.05, 0.1) is 0 Å². The summed E-state index contributed by atoms with van der Waals surface area (Å²) in [5.74, 6) is 0. The van der Waals surface area contributed by atoms with E-state index in [0.29, 0.717) is 16.2 Å². The third kappa shape index (κ3) is 14.2. The summed E-state index contributed by atoms with van der Waals surface area (Å²) in [7, 11) is -1.39. The molecule has 1 aromatic rings. The Morgan fingerprint density at radius 1 is 0.879 bits per heavy atom. The Morgan fingerprint density at radius 2 is 1.33 bits per heavy atom. The van der Waals surface area contributed by atoms with Gasteiger partial charge in [-0.1, -0.05) is 124 Å². The first kappa shape index (κ1) is 32.1. The molecule has 0 saturated heterocycles. The zero-order chi connectivity index (χ0) is 24.6. The molecular weight excluding hydrogens is 453 g/mol. The average molecular weight is 502 g/mol. The molecule has 0 aliphatic heterocycles. The minimum absolute atomic E-state index is 0. The van der Waals surface area contributed by atoms with Crippen LogP contribution in [-0.2, 0) is 21.7 Å². The Bertz CT molecular complexity index is 821. The van der Waals surface area contributed by atoms with E-state index in [1.165, 1.54) is 24.2 Å². The molecule has 1 nitrogen and oxygen atoms in total. The van der Waals surface area contributed by atoms with Crippen molar-refractivity contribution in [3.63, 3.8) is 0 Å². The van der Waals surface area contributed by atoms with Crippen LogP contribution in [0.2, 0.25) is 0 Å². The van der Waals surface area contributed by atoms with E-state index in [-0.39, 0.29) is 21.7 Å². The monoisotopic (exact) mass is 501 g/mol. The minimum atomic E-state index is -1.39. The van der Waals surface area contributed by atoms with Gasteiger partial charge in [-0.2, -0.15) is 0 Å². The molecule has 0 bridgehead atoms. The van der Waals surface area contributed by atoms with E-state index in [9.17, 15) is 0 Å². The molecule has 0 amide bonds. The smallest absolute Gasteiger partial charge is 0.0425 e. The molecule has 0 unspecified atom stereocenters. The van der Waals surface area contributed by atoms with Gasteiger partial charge in [0.1, 0.15) is 0 Å². The van der Waals surface area contributed by atoms with Crippen molar-refractivity contribution in [2.24, 2.45) is 21.0 Å². The third-order valence-electron chi connectivity index (χ3n) is 4.79. The molecule has 0 aromatic heterocycles. The number of rotatable bonds is 6. The maximum Gasteiger partial charge on any atom is 0.0425 e. The second kappa shape index (κ2) is 13.3. The Hall–Kier alpha value is -0.876. The van der Waals surface area contributed by atoms with Gasteiger partial charge in [-0.15, -0.1) is 0 Å². The molecule has 1 aromatic carbocycles. The normalized spacial score (nSPS) is 13.9. The second-order valence-electron chi connectivity index (χ2n) is 12.7. The van der Waals surface area contributed by atoms with E-state index in [2.05, 4.69) is 93.7 Å². The fourth-order valence-corrected chi connectivity index (χ4v) is 11.0. The van der Waals surface area contributed by atoms with Gasteiger partial charge >= 0.3 is 0 Å². The number of nitrogens with zero attached hydrogens (tertiary/aromatic N) is 1. The topological polar surface area (TPSA) is 12.4 Å². The van der Waals surface area contributed by atoms with E-state index in [1.54, 1.807) is 6.08 Å². The molecule has 3 heteroatoms. The Labute approximate surface area is 220 Å². The van der Waals surface area contributed by atoms with Crippen molar-refractivity contribution in [2.75, 3.05) is 18.5 Å². The quantitative estimate of drug-likeness (QED) is 0.209. The first-order valence-corrected chi connectivity index (χ1v) is 14.2. The van der Waals surface area contributed by atoms with E-state index in [1.807, 2.05) is 30.3 Å². The summed E-state index contributed by atoms with van der Waals surface area (Å²) in [6, 6.07) is 10.0. The van der Waals surface area contributed by atoms with Crippen molar-refractivity contribution >= 4 is 12.6 Å². The molecule has 1 aliphatic rings. The summed E-state index contributed by atoms with van der Waals surface area (Å²) < 4.78 is 5.47. The molecule has 2 rings (SSSR count). The van der Waals surface area contributed by atoms with Crippen LogP contribution in [0.1, 0.15) is 74.3 Å². The summed E-state index contributed by atoms with van der Waals surface area (Å²) in [6.45, 7) is 28.9. The molecule has 0 saturated carbocycles. The summed E-state index contributed by atoms with van der Waals surface area (Å²) in [5.41, 5.74) is 4.42. The third-order valence-corrected chi connectivity index (χ3v) is 10.1. The van der Waals surface area contributed by atoms with E-state index in [4.69, 9.17) is 4.74 Å². The first-order valence-electron chi connectivity index (χ1n) is 11.9. The largest absolute Gasteiger partial charge is 0.272 e. The van der Waals surface area contributed by atoms with Crippen molar-refractivity contribution in [1.29, 1.82) is 0 Å². The molecule has 33 heavy (non-hydrogen) atoms. The van der Waals surface area contributed by atoms with E-state index < -0.39 is 7.05 Å². The fourth-order valence-electron chi connectivity index (χ4n) is 4.48. The molecule has 0 N–H and O–H groups in total. The Kier molecular flexibility index (Phi) is 12.9. The van der Waals surface area contributed by atoms with Crippen LogP contribution in [0.5, 0.6) is 0 Å². The molecule has 0 atom stereocenters. The summed E-state index contributed by atoms with van der Waals surface area (Å²) in [4.78, 5) is 0. The van der Waals surface area contributed by atoms with Gasteiger partial charge in [0, 0.05) is 33.8 Å². The number of benzene rings is 1. The molecule has 1 aliphatic carbocycles.